The van der Waals surface area contributed by atoms with E-state index in [1.165, 1.54) is 30.0 Å². The van der Waals surface area contributed by atoms with Gasteiger partial charge in [0.25, 0.3) is 0 Å². The van der Waals surface area contributed by atoms with Crippen LogP contribution in [0.4, 0.5) is 16.5 Å². The van der Waals surface area contributed by atoms with Crippen LogP contribution in [0, 0.1) is 0 Å². The Bertz CT molecular complexity index is 863. The molecule has 0 saturated heterocycles. The van der Waals surface area contributed by atoms with Crippen molar-refractivity contribution in [2.75, 3.05) is 10.6 Å². The predicted molar refractivity (Wildman–Crippen MR) is 97.2 cm³/mol. The number of rotatable bonds is 7. The Morgan fingerprint density at radius 1 is 1.20 bits per heavy atom. The first-order valence-corrected chi connectivity index (χ1v) is 9.35. The van der Waals surface area contributed by atoms with Crippen molar-refractivity contribution in [3.63, 3.8) is 0 Å². The first-order valence-electron chi connectivity index (χ1n) is 7.54. The summed E-state index contributed by atoms with van der Waals surface area (Å²) >= 11 is 2.92. The van der Waals surface area contributed by atoms with Crippen molar-refractivity contribution in [3.05, 3.63) is 36.0 Å². The minimum Gasteiger partial charge on any atom is -0.424 e. The fourth-order valence-corrected chi connectivity index (χ4v) is 3.54. The van der Waals surface area contributed by atoms with Crippen molar-refractivity contribution in [3.8, 4) is 0 Å². The molecular weight excluding hydrogens is 360 g/mol. The van der Waals surface area contributed by atoms with E-state index >= 15 is 0 Å². The van der Waals surface area contributed by atoms with E-state index in [1.54, 1.807) is 0 Å². The number of aryl methyl sites for hydroxylation is 1. The summed E-state index contributed by atoms with van der Waals surface area (Å²) in [6, 6.07) is 7.40. The van der Waals surface area contributed by atoms with Gasteiger partial charge in [-0.3, -0.25) is 4.79 Å². The van der Waals surface area contributed by atoms with Crippen LogP contribution >= 0.6 is 23.1 Å². The van der Waals surface area contributed by atoms with E-state index in [0.717, 1.165) is 22.1 Å². The van der Waals surface area contributed by atoms with Crippen LogP contribution in [-0.2, 0) is 17.0 Å². The zero-order valence-corrected chi connectivity index (χ0v) is 15.3. The fraction of sp³-hybridized carbons (Fsp3) is 0.267. The number of carbonyl (C=O) groups is 1. The van der Waals surface area contributed by atoms with Gasteiger partial charge in [-0.15, -0.1) is 20.4 Å². The third-order valence-electron chi connectivity index (χ3n) is 2.97. The molecule has 2 aromatic heterocycles. The van der Waals surface area contributed by atoms with Gasteiger partial charge in [-0.2, -0.15) is 0 Å². The molecule has 0 fully saturated rings. The summed E-state index contributed by atoms with van der Waals surface area (Å²) in [6.45, 7) is 3.44. The summed E-state index contributed by atoms with van der Waals surface area (Å²) in [5.74, 6) is 1.66. The second-order valence-corrected chi connectivity index (χ2v) is 7.19. The van der Waals surface area contributed by atoms with Crippen LogP contribution in [0.15, 0.2) is 33.0 Å². The Balaban J connectivity index is 1.58. The summed E-state index contributed by atoms with van der Waals surface area (Å²) in [6.07, 6.45) is 0.724. The molecule has 1 aromatic carbocycles. The second kappa shape index (κ2) is 8.08. The first kappa shape index (κ1) is 17.4. The molecule has 0 aliphatic rings. The number of benzene rings is 1. The average Bonchev–Trinajstić information content (AvgIpc) is 3.21. The van der Waals surface area contributed by atoms with E-state index in [9.17, 15) is 4.79 Å². The second-order valence-electron chi connectivity index (χ2n) is 4.99. The van der Waals surface area contributed by atoms with Crippen LogP contribution in [-0.4, -0.2) is 26.3 Å². The molecule has 0 saturated carbocycles. The number of nitrogens with zero attached hydrogens (tertiary/aromatic N) is 4. The Morgan fingerprint density at radius 3 is 2.76 bits per heavy atom. The molecule has 0 spiro atoms. The molecule has 2 N–H and O–H groups in total. The molecule has 0 aliphatic carbocycles. The van der Waals surface area contributed by atoms with Gasteiger partial charge >= 0.3 is 0 Å². The van der Waals surface area contributed by atoms with Crippen LogP contribution in [0.5, 0.6) is 0 Å². The van der Waals surface area contributed by atoms with Gasteiger partial charge in [0.05, 0.1) is 5.75 Å². The number of hydrogen-bond acceptors (Lipinski definition) is 9. The van der Waals surface area contributed by atoms with E-state index < -0.39 is 0 Å². The predicted octanol–water partition coefficient (Wildman–Crippen LogP) is 3.48. The fourth-order valence-electron chi connectivity index (χ4n) is 1.93. The van der Waals surface area contributed by atoms with E-state index in [1.807, 2.05) is 31.2 Å². The Labute approximate surface area is 152 Å². The van der Waals surface area contributed by atoms with Gasteiger partial charge in [0.1, 0.15) is 0 Å². The SMILES string of the molecule is CCc1nnc(CSc2nnc(Nc3cccc(NC(C)=O)c3)s2)o1. The van der Waals surface area contributed by atoms with E-state index in [2.05, 4.69) is 31.0 Å². The number of anilines is 3. The van der Waals surface area contributed by atoms with Crippen LogP contribution in [0.1, 0.15) is 25.6 Å². The lowest BCUT2D eigenvalue weighted by molar-refractivity contribution is -0.114. The molecule has 25 heavy (non-hydrogen) atoms. The molecule has 8 nitrogen and oxygen atoms in total. The molecule has 0 atom stereocenters. The van der Waals surface area contributed by atoms with Crippen molar-refractivity contribution in [2.24, 2.45) is 0 Å². The van der Waals surface area contributed by atoms with E-state index in [0.29, 0.717) is 22.7 Å². The van der Waals surface area contributed by atoms with Gasteiger partial charge in [-0.25, -0.2) is 0 Å². The maximum Gasteiger partial charge on any atom is 0.226 e. The molecule has 10 heteroatoms. The zero-order valence-electron chi connectivity index (χ0n) is 13.6. The topological polar surface area (TPSA) is 106 Å². The highest BCUT2D eigenvalue weighted by Crippen LogP contribution is 2.30. The zero-order chi connectivity index (χ0) is 17.6. The van der Waals surface area contributed by atoms with Crippen LogP contribution in [0.25, 0.3) is 0 Å². The summed E-state index contributed by atoms with van der Waals surface area (Å²) in [7, 11) is 0. The van der Waals surface area contributed by atoms with Crippen LogP contribution < -0.4 is 10.6 Å². The van der Waals surface area contributed by atoms with Crippen molar-refractivity contribution in [1.29, 1.82) is 0 Å². The van der Waals surface area contributed by atoms with Gasteiger partial charge < -0.3 is 15.1 Å². The van der Waals surface area contributed by atoms with Crippen LogP contribution in [0.2, 0.25) is 0 Å². The Hall–Kier alpha value is -2.46. The third-order valence-corrected chi connectivity index (χ3v) is 4.93. The quantitative estimate of drug-likeness (QED) is 0.604. The molecule has 2 heterocycles. The Kier molecular flexibility index (Phi) is 5.61. The molecule has 3 rings (SSSR count). The summed E-state index contributed by atoms with van der Waals surface area (Å²) in [4.78, 5) is 11.1. The number of amides is 1. The lowest BCUT2D eigenvalue weighted by atomic mass is 10.3. The number of aromatic nitrogens is 4. The van der Waals surface area contributed by atoms with Crippen molar-refractivity contribution < 1.29 is 9.21 Å². The Morgan fingerprint density at radius 2 is 2.00 bits per heavy atom. The van der Waals surface area contributed by atoms with Gasteiger partial charge in [-0.05, 0) is 18.2 Å². The first-order chi connectivity index (χ1) is 12.1. The maximum absolute atomic E-state index is 11.1. The summed E-state index contributed by atoms with van der Waals surface area (Å²) < 4.78 is 6.27. The number of nitrogens with one attached hydrogen (secondary N) is 2. The highest BCUT2D eigenvalue weighted by atomic mass is 32.2. The monoisotopic (exact) mass is 376 g/mol. The summed E-state index contributed by atoms with van der Waals surface area (Å²) in [5.41, 5.74) is 1.54. The van der Waals surface area contributed by atoms with Crippen LogP contribution in [0.3, 0.4) is 0 Å². The third kappa shape index (κ3) is 5.00. The number of hydrogen-bond donors (Lipinski definition) is 2. The lowest BCUT2D eigenvalue weighted by Gasteiger charge is -2.05. The van der Waals surface area contributed by atoms with E-state index in [-0.39, 0.29) is 5.91 Å². The van der Waals surface area contributed by atoms with Gasteiger partial charge in [0.15, 0.2) is 4.34 Å². The number of thioether (sulfide) groups is 1. The standard InChI is InChI=1S/C15H16N6O2S2/c1-3-12-18-19-13(23-12)8-24-15-21-20-14(25-15)17-11-6-4-5-10(7-11)16-9(2)22/h4-7H,3,8H2,1-2H3,(H,16,22)(H,17,20). The molecule has 1 amide bonds. The number of carbonyl (C=O) groups excluding carboxylic acids is 1. The molecule has 0 aliphatic heterocycles. The normalized spacial score (nSPS) is 10.6. The van der Waals surface area contributed by atoms with E-state index in [4.69, 9.17) is 4.42 Å². The van der Waals surface area contributed by atoms with Crippen molar-refractivity contribution >= 4 is 45.5 Å². The minimum absolute atomic E-state index is 0.112. The lowest BCUT2D eigenvalue weighted by Crippen LogP contribution is -2.05. The molecule has 130 valence electrons. The molecule has 0 radical (unpaired) electrons. The molecule has 3 aromatic rings. The molecular formula is C15H16N6O2S2. The molecule has 0 bridgehead atoms. The van der Waals surface area contributed by atoms with Gasteiger partial charge in [-0.1, -0.05) is 36.1 Å². The smallest absolute Gasteiger partial charge is 0.226 e. The minimum atomic E-state index is -0.112. The summed E-state index contributed by atoms with van der Waals surface area (Å²) in [5, 5.41) is 22.8. The largest absolute Gasteiger partial charge is 0.424 e. The average molecular weight is 376 g/mol. The maximum atomic E-state index is 11.1. The highest BCUT2D eigenvalue weighted by molar-refractivity contribution is 8.00. The van der Waals surface area contributed by atoms with Gasteiger partial charge in [0.2, 0.25) is 22.8 Å². The van der Waals surface area contributed by atoms with Crippen molar-refractivity contribution in [1.82, 2.24) is 20.4 Å². The highest BCUT2D eigenvalue weighted by Gasteiger charge is 2.09. The van der Waals surface area contributed by atoms with Gasteiger partial charge in [0, 0.05) is 24.7 Å². The van der Waals surface area contributed by atoms with Crippen molar-refractivity contribution in [2.45, 2.75) is 30.4 Å². The molecule has 0 unspecified atom stereocenters.